The minimum atomic E-state index is -0.0293. The third-order valence-corrected chi connectivity index (χ3v) is 6.36. The fourth-order valence-electron chi connectivity index (χ4n) is 3.68. The number of phenolic OH excluding ortho intramolecular Hbond substituents is 1. The fraction of sp³-hybridized carbons (Fsp3) is 0.0400. The summed E-state index contributed by atoms with van der Waals surface area (Å²) in [5, 5.41) is 10.9. The molecule has 0 atom stereocenters. The number of rotatable bonds is 4. The molecule has 0 spiro atoms. The number of benzene rings is 3. The Morgan fingerprint density at radius 1 is 1.03 bits per heavy atom. The second-order valence-electron chi connectivity index (χ2n) is 7.29. The third kappa shape index (κ3) is 3.37. The first-order chi connectivity index (χ1) is 15.0. The Labute approximate surface area is 182 Å². The summed E-state index contributed by atoms with van der Waals surface area (Å²) in [5.41, 5.74) is 9.81. The molecule has 0 saturated heterocycles. The Bertz CT molecular complexity index is 1430. The molecule has 2 aromatic heterocycles. The van der Waals surface area contributed by atoms with E-state index in [1.165, 1.54) is 17.6 Å². The topological polar surface area (TPSA) is 89.3 Å². The van der Waals surface area contributed by atoms with Gasteiger partial charge in [-0.3, -0.25) is 4.79 Å². The molecule has 0 aliphatic rings. The quantitative estimate of drug-likeness (QED) is 0.341. The van der Waals surface area contributed by atoms with Crippen LogP contribution >= 0.6 is 11.3 Å². The number of phenols is 1. The van der Waals surface area contributed by atoms with Gasteiger partial charge in [0.15, 0.2) is 5.82 Å². The van der Waals surface area contributed by atoms with Crippen LogP contribution in [0.15, 0.2) is 77.4 Å². The number of thiophene rings is 1. The van der Waals surface area contributed by atoms with Crippen LogP contribution in [0.4, 0.5) is 5.82 Å². The maximum Gasteiger partial charge on any atom is 0.227 e. The smallest absolute Gasteiger partial charge is 0.227 e. The average molecular weight is 426 g/mol. The van der Waals surface area contributed by atoms with E-state index in [-0.39, 0.29) is 11.5 Å². The summed E-state index contributed by atoms with van der Waals surface area (Å²) in [6.07, 6.45) is 1.40. The van der Waals surface area contributed by atoms with Crippen molar-refractivity contribution in [2.24, 2.45) is 0 Å². The molecule has 0 aliphatic carbocycles. The van der Waals surface area contributed by atoms with E-state index in [1.54, 1.807) is 12.1 Å². The number of hydrogen-bond acceptors (Lipinski definition) is 6. The second-order valence-corrected chi connectivity index (χ2v) is 8.34. The van der Waals surface area contributed by atoms with Crippen molar-refractivity contribution < 1.29 is 14.3 Å². The van der Waals surface area contributed by atoms with E-state index in [0.717, 1.165) is 32.3 Å². The summed E-state index contributed by atoms with van der Waals surface area (Å²) < 4.78 is 6.24. The first-order valence-corrected chi connectivity index (χ1v) is 10.5. The number of nitrogen functional groups attached to an aromatic ring is 1. The average Bonchev–Trinajstić information content (AvgIpc) is 3.37. The lowest BCUT2D eigenvalue weighted by atomic mass is 9.96. The standard InChI is InChI=1S/C25H18N2O3S/c1-14-4-2-3-5-18(14)23(29)24-22(19-11-10-17(28)12-20(19)31-24)15-6-8-16(9-7-15)25-27-21(26)13-30-25/h2-13,28H,26H2,1H3. The van der Waals surface area contributed by atoms with Gasteiger partial charge in [0.1, 0.15) is 12.0 Å². The summed E-state index contributed by atoms with van der Waals surface area (Å²) in [6.45, 7) is 1.93. The van der Waals surface area contributed by atoms with Crippen molar-refractivity contribution in [3.05, 3.63) is 89.0 Å². The minimum Gasteiger partial charge on any atom is -0.508 e. The van der Waals surface area contributed by atoms with Gasteiger partial charge in [-0.2, -0.15) is 4.98 Å². The van der Waals surface area contributed by atoms with Crippen molar-refractivity contribution in [3.8, 4) is 28.3 Å². The highest BCUT2D eigenvalue weighted by molar-refractivity contribution is 7.21. The molecule has 31 heavy (non-hydrogen) atoms. The second kappa shape index (κ2) is 7.41. The number of aromatic hydroxyl groups is 1. The molecule has 0 amide bonds. The summed E-state index contributed by atoms with van der Waals surface area (Å²) >= 11 is 1.39. The van der Waals surface area contributed by atoms with Gasteiger partial charge in [0.2, 0.25) is 11.7 Å². The molecule has 5 rings (SSSR count). The number of hydrogen-bond donors (Lipinski definition) is 2. The van der Waals surface area contributed by atoms with Crippen LogP contribution in [0.1, 0.15) is 20.8 Å². The maximum atomic E-state index is 13.5. The van der Waals surface area contributed by atoms with Gasteiger partial charge in [-0.05, 0) is 48.4 Å². The van der Waals surface area contributed by atoms with Crippen LogP contribution < -0.4 is 5.73 Å². The lowest BCUT2D eigenvalue weighted by Gasteiger charge is -2.08. The highest BCUT2D eigenvalue weighted by Gasteiger charge is 2.22. The van der Waals surface area contributed by atoms with Crippen molar-refractivity contribution >= 4 is 33.0 Å². The van der Waals surface area contributed by atoms with Gasteiger partial charge in [0, 0.05) is 26.8 Å². The van der Waals surface area contributed by atoms with E-state index in [1.807, 2.05) is 61.5 Å². The van der Waals surface area contributed by atoms with E-state index in [0.29, 0.717) is 22.1 Å². The fourth-order valence-corrected chi connectivity index (χ4v) is 4.89. The van der Waals surface area contributed by atoms with Crippen LogP contribution in [-0.2, 0) is 0 Å². The van der Waals surface area contributed by atoms with Gasteiger partial charge < -0.3 is 15.3 Å². The number of nitrogens with zero attached hydrogens (tertiary/aromatic N) is 1. The van der Waals surface area contributed by atoms with Gasteiger partial charge in [0.05, 0.1) is 4.88 Å². The first-order valence-electron chi connectivity index (χ1n) is 9.69. The maximum absolute atomic E-state index is 13.5. The van der Waals surface area contributed by atoms with Gasteiger partial charge in [-0.15, -0.1) is 11.3 Å². The molecule has 5 nitrogen and oxygen atoms in total. The van der Waals surface area contributed by atoms with E-state index in [2.05, 4.69) is 4.98 Å². The molecular weight excluding hydrogens is 408 g/mol. The van der Waals surface area contributed by atoms with E-state index in [9.17, 15) is 9.90 Å². The molecule has 2 heterocycles. The molecule has 5 aromatic rings. The molecule has 0 fully saturated rings. The number of fused-ring (bicyclic) bond motifs is 1. The molecule has 6 heteroatoms. The summed E-state index contributed by atoms with van der Waals surface area (Å²) in [7, 11) is 0. The SMILES string of the molecule is Cc1ccccc1C(=O)c1sc2cc(O)ccc2c1-c1ccc(-c2nc(N)co2)cc1. The monoisotopic (exact) mass is 426 g/mol. The predicted octanol–water partition coefficient (Wildman–Crippen LogP) is 6.05. The van der Waals surface area contributed by atoms with Gasteiger partial charge >= 0.3 is 0 Å². The Hall–Kier alpha value is -3.90. The van der Waals surface area contributed by atoms with Crippen molar-refractivity contribution in [1.29, 1.82) is 0 Å². The van der Waals surface area contributed by atoms with Crippen LogP contribution in [0.2, 0.25) is 0 Å². The van der Waals surface area contributed by atoms with Gasteiger partial charge in [0.25, 0.3) is 0 Å². The number of oxazole rings is 1. The summed E-state index contributed by atoms with van der Waals surface area (Å²) in [4.78, 5) is 18.3. The molecule has 0 unspecified atom stereocenters. The van der Waals surface area contributed by atoms with Crippen LogP contribution in [0, 0.1) is 6.92 Å². The zero-order valence-corrected chi connectivity index (χ0v) is 17.4. The molecule has 152 valence electrons. The summed E-state index contributed by atoms with van der Waals surface area (Å²) in [6, 6.07) is 20.4. The van der Waals surface area contributed by atoms with Crippen molar-refractivity contribution in [2.75, 3.05) is 5.73 Å². The van der Waals surface area contributed by atoms with Gasteiger partial charge in [-0.1, -0.05) is 36.4 Å². The number of ketones is 1. The Morgan fingerprint density at radius 3 is 2.48 bits per heavy atom. The molecule has 3 aromatic carbocycles. The summed E-state index contributed by atoms with van der Waals surface area (Å²) in [5.74, 6) is 0.916. The Morgan fingerprint density at radius 2 is 1.77 bits per heavy atom. The molecule has 0 radical (unpaired) electrons. The van der Waals surface area contributed by atoms with Gasteiger partial charge in [-0.25, -0.2) is 0 Å². The lowest BCUT2D eigenvalue weighted by Crippen LogP contribution is -2.02. The normalized spacial score (nSPS) is 11.1. The first kappa shape index (κ1) is 19.1. The molecular formula is C25H18N2O3S. The van der Waals surface area contributed by atoms with Crippen molar-refractivity contribution in [2.45, 2.75) is 6.92 Å². The highest BCUT2D eigenvalue weighted by Crippen LogP contribution is 2.42. The highest BCUT2D eigenvalue weighted by atomic mass is 32.1. The Kier molecular flexibility index (Phi) is 4.56. The van der Waals surface area contributed by atoms with Crippen LogP contribution in [0.5, 0.6) is 5.75 Å². The molecule has 0 saturated carbocycles. The molecule has 3 N–H and O–H groups in total. The number of aryl methyl sites for hydroxylation is 1. The number of anilines is 1. The zero-order chi connectivity index (χ0) is 21.5. The number of aromatic nitrogens is 1. The van der Waals surface area contributed by atoms with Crippen molar-refractivity contribution in [3.63, 3.8) is 0 Å². The zero-order valence-electron chi connectivity index (χ0n) is 16.6. The van der Waals surface area contributed by atoms with Crippen LogP contribution in [0.25, 0.3) is 32.7 Å². The van der Waals surface area contributed by atoms with Crippen LogP contribution in [-0.4, -0.2) is 15.9 Å². The minimum absolute atomic E-state index is 0.0293. The van der Waals surface area contributed by atoms with Crippen LogP contribution in [0.3, 0.4) is 0 Å². The largest absolute Gasteiger partial charge is 0.508 e. The van der Waals surface area contributed by atoms with E-state index < -0.39 is 0 Å². The number of carbonyl (C=O) groups is 1. The number of nitrogens with two attached hydrogens (primary N) is 1. The third-order valence-electron chi connectivity index (χ3n) is 5.21. The molecule has 0 bridgehead atoms. The lowest BCUT2D eigenvalue weighted by molar-refractivity contribution is 0.104. The van der Waals surface area contributed by atoms with E-state index in [4.69, 9.17) is 10.2 Å². The predicted molar refractivity (Wildman–Crippen MR) is 123 cm³/mol. The number of carbonyl (C=O) groups excluding carboxylic acids is 1. The van der Waals surface area contributed by atoms with Crippen molar-refractivity contribution in [1.82, 2.24) is 4.98 Å². The Balaban J connectivity index is 1.68. The molecule has 0 aliphatic heterocycles. The van der Waals surface area contributed by atoms with E-state index >= 15 is 0 Å².